The zero-order valence-electron chi connectivity index (χ0n) is 56.4. The number of carbonyl (C=O) groups is 2. The molecule has 6 aromatic carbocycles. The van der Waals surface area contributed by atoms with Gasteiger partial charge in [-0.15, -0.1) is 0 Å². The first-order valence-electron chi connectivity index (χ1n) is 33.6. The fourth-order valence-electron chi connectivity index (χ4n) is 14.0. The van der Waals surface area contributed by atoms with Crippen LogP contribution >= 0.6 is 20.7 Å². The van der Waals surface area contributed by atoms with E-state index in [1.165, 1.54) is 68.7 Å². The Bertz CT molecular complexity index is 3980. The van der Waals surface area contributed by atoms with Gasteiger partial charge in [-0.3, -0.25) is 28.6 Å². The van der Waals surface area contributed by atoms with Crippen LogP contribution in [0.15, 0.2) is 159 Å². The number of ether oxygens (including phenoxy) is 6. The highest BCUT2D eigenvalue weighted by atomic mass is 32.1. The molecular formula is C70H77F4N14O12PS. The monoisotopic (exact) mass is 1440 g/mol. The molecule has 538 valence electrons. The van der Waals surface area contributed by atoms with Crippen LogP contribution in [0.1, 0.15) is 38.8 Å². The minimum Gasteiger partial charge on any atom is -0.488 e. The van der Waals surface area contributed by atoms with Gasteiger partial charge in [0.05, 0.1) is 39.4 Å². The number of halogens is 4. The number of hydrogen-bond acceptors (Lipinski definition) is 21. The third-order valence-electron chi connectivity index (χ3n) is 19.0. The molecule has 4 amide bonds. The van der Waals surface area contributed by atoms with Gasteiger partial charge >= 0.3 is 19.9 Å². The summed E-state index contributed by atoms with van der Waals surface area (Å²) >= 11 is 4.00. The van der Waals surface area contributed by atoms with Crippen LogP contribution < -0.4 is 38.9 Å². The van der Waals surface area contributed by atoms with Gasteiger partial charge in [-0.1, -0.05) is 12.1 Å². The first kappa shape index (κ1) is 70.0. The van der Waals surface area contributed by atoms with Crippen molar-refractivity contribution in [3.8, 4) is 11.5 Å². The quantitative estimate of drug-likeness (QED) is 0.0243. The average Bonchev–Trinajstić information content (AvgIpc) is 1.61. The van der Waals surface area contributed by atoms with Crippen molar-refractivity contribution in [3.63, 3.8) is 0 Å². The van der Waals surface area contributed by atoms with E-state index in [0.29, 0.717) is 22.9 Å². The van der Waals surface area contributed by atoms with E-state index in [2.05, 4.69) is 52.7 Å². The third-order valence-corrected chi connectivity index (χ3v) is 20.8. The minimum absolute atomic E-state index is 0.0128. The molecule has 6 aliphatic rings. The molecule has 8 heterocycles. The van der Waals surface area contributed by atoms with Gasteiger partial charge in [-0.05, 0) is 150 Å². The Hall–Kier alpha value is -9.04. The Labute approximate surface area is 591 Å². The molecule has 0 aliphatic carbocycles. The van der Waals surface area contributed by atoms with Crippen molar-refractivity contribution in [2.75, 3.05) is 121 Å². The van der Waals surface area contributed by atoms with E-state index in [1.54, 1.807) is 9.80 Å². The Balaban J connectivity index is 0.537. The van der Waals surface area contributed by atoms with Crippen molar-refractivity contribution in [2.45, 2.75) is 89.1 Å². The molecule has 8 aromatic rings. The van der Waals surface area contributed by atoms with E-state index < -0.39 is 67.3 Å². The van der Waals surface area contributed by atoms with Crippen LogP contribution in [0, 0.1) is 23.3 Å². The van der Waals surface area contributed by atoms with E-state index in [0.717, 1.165) is 87.2 Å². The Morgan fingerprint density at radius 2 is 0.853 bits per heavy atom. The van der Waals surface area contributed by atoms with Crippen molar-refractivity contribution in [1.82, 2.24) is 39.3 Å². The van der Waals surface area contributed by atoms with Gasteiger partial charge in [0.25, 0.3) is 0 Å². The number of urea groups is 2. The zero-order chi connectivity index (χ0) is 70.9. The average molecular weight is 1450 g/mol. The number of phosphoric acid groups is 1. The van der Waals surface area contributed by atoms with Crippen LogP contribution in [0.2, 0.25) is 0 Å². The summed E-state index contributed by atoms with van der Waals surface area (Å²) in [5, 5.41) is 8.31. The first-order valence-corrected chi connectivity index (χ1v) is 35.4. The van der Waals surface area contributed by atoms with E-state index in [-0.39, 0.29) is 87.9 Å². The van der Waals surface area contributed by atoms with Gasteiger partial charge in [-0.2, -0.15) is 10.2 Å². The summed E-state index contributed by atoms with van der Waals surface area (Å²) in [5.41, 5.74) is 2.89. The second-order valence-electron chi connectivity index (χ2n) is 26.2. The van der Waals surface area contributed by atoms with E-state index in [1.807, 2.05) is 125 Å². The van der Waals surface area contributed by atoms with Crippen LogP contribution in [0.25, 0.3) is 0 Å². The second-order valence-corrected chi connectivity index (χ2v) is 28.1. The summed E-state index contributed by atoms with van der Waals surface area (Å²) in [7, 11) is -4.59. The minimum atomic E-state index is -4.59. The lowest BCUT2D eigenvalue weighted by Crippen LogP contribution is -2.46. The molecule has 0 bridgehead atoms. The van der Waals surface area contributed by atoms with Gasteiger partial charge in [0.1, 0.15) is 84.5 Å². The van der Waals surface area contributed by atoms with Crippen LogP contribution in [-0.2, 0) is 60.8 Å². The maximum absolute atomic E-state index is 15.1. The van der Waals surface area contributed by atoms with Crippen LogP contribution in [-0.4, -0.2) is 180 Å². The predicted octanol–water partition coefficient (Wildman–Crippen LogP) is 10.4. The van der Waals surface area contributed by atoms with E-state index in [4.69, 9.17) is 41.4 Å². The largest absolute Gasteiger partial charge is 0.489 e. The van der Waals surface area contributed by atoms with Gasteiger partial charge < -0.3 is 48.0 Å². The number of aromatic nitrogens is 6. The van der Waals surface area contributed by atoms with Crippen LogP contribution in [0.4, 0.5) is 61.3 Å². The molecule has 6 aliphatic heterocycles. The molecule has 102 heavy (non-hydrogen) atoms. The molecule has 6 fully saturated rings. The Morgan fingerprint density at radius 1 is 0.510 bits per heavy atom. The van der Waals surface area contributed by atoms with Gasteiger partial charge in [0.2, 0.25) is 0 Å². The maximum Gasteiger partial charge on any atom is 0.489 e. The molecule has 0 spiro atoms. The molecule has 0 N–H and O–H groups in total. The maximum atomic E-state index is 15.1. The molecule has 0 saturated carbocycles. The predicted molar refractivity (Wildman–Crippen MR) is 370 cm³/mol. The van der Waals surface area contributed by atoms with Crippen LogP contribution in [0.5, 0.6) is 11.5 Å². The normalized spacial score (nSPS) is 23.2. The highest BCUT2D eigenvalue weighted by molar-refractivity contribution is 7.80. The van der Waals surface area contributed by atoms with Gasteiger partial charge in [0.15, 0.2) is 25.0 Å². The summed E-state index contributed by atoms with van der Waals surface area (Å²) in [6, 6.07) is 36.0. The lowest BCUT2D eigenvalue weighted by molar-refractivity contribution is -0.117. The molecule has 0 radical (unpaired) electrons. The number of piperazine rings is 2. The van der Waals surface area contributed by atoms with Crippen molar-refractivity contribution >= 4 is 66.9 Å². The zero-order valence-corrected chi connectivity index (χ0v) is 58.1. The number of nitrogens with zero attached hydrogens (tertiary/aromatic N) is 14. The lowest BCUT2D eigenvalue weighted by Gasteiger charge is -2.37. The summed E-state index contributed by atoms with van der Waals surface area (Å²) in [6.45, 7) is 13.3. The molecular weight excluding hydrogens is 1370 g/mol. The molecule has 32 heteroatoms. The number of benzene rings is 6. The number of phosphoric ester groups is 1. The number of carbonyl (C=O) groups excluding carboxylic acids is 2. The second kappa shape index (κ2) is 29.7. The fourth-order valence-corrected chi connectivity index (χ4v) is 15.2. The number of anilines is 6. The molecule has 2 aromatic heterocycles. The SMILES string of the molecule is CC(C)N1C(=O)N(c2ccc(N3CCN(c4ccc(OC[C@H]5OC[C@](Cn6cncn6)(c6ccc(F)cc6F)O5)cc4)CC3)cc2)CC1OP(=O)(OS)OC1CN(c2ccc(N3CCN(c4ccc(OC[C@H]5OC[C@](Cn6cncn6)(c6ccc(F)cc6F)O5)cc4)CC3)cc2)C(=O)N1C(C)C. The Kier molecular flexibility index (Phi) is 20.4. The number of hydrogen-bond donors (Lipinski definition) is 1. The summed E-state index contributed by atoms with van der Waals surface area (Å²) in [4.78, 5) is 51.7. The van der Waals surface area contributed by atoms with E-state index in [9.17, 15) is 22.9 Å². The van der Waals surface area contributed by atoms with Gasteiger partial charge in [0, 0.05) is 122 Å². The van der Waals surface area contributed by atoms with Crippen molar-refractivity contribution < 1.29 is 73.2 Å². The van der Waals surface area contributed by atoms with Crippen molar-refractivity contribution in [1.29, 1.82) is 0 Å². The summed E-state index contributed by atoms with van der Waals surface area (Å²) < 4.78 is 130. The van der Waals surface area contributed by atoms with Gasteiger partial charge in [-0.25, -0.2) is 55.0 Å². The summed E-state index contributed by atoms with van der Waals surface area (Å²) in [6.07, 6.45) is 1.85. The third kappa shape index (κ3) is 14.9. The molecule has 14 rings (SSSR count). The highest BCUT2D eigenvalue weighted by Crippen LogP contribution is 2.55. The molecule has 6 atom stereocenters. The standard InChI is InChI=1S/C70H77F4N14O12PS/c1-47(2)87-63(35-85(67(87)89)55-11-7-51(8-12-55)79-25-29-81(30-26-79)53-15-19-57(20-16-53)92-37-65-94-41-69(96-65,39-83-45-75-43-77-83)59-23-5-49(71)33-61(59)73)98-101(91,100-102)99-64-36-86(68(90)88(64)48(3)4)56-13-9-52(10-14-56)80-27-31-82(32-28-80)54-17-21-58(22-18-54)93-38-66-95-42-70(97-66,40-84-46-76-44-78-84)60-24-6-50(72)34-62(60)74/h5-24,33-34,43-48,63-66,102H,25-32,35-42H2,1-4H3/t63?,64?,65-,66-,69+,70+,101?/m0/s1. The molecule has 6 saturated heterocycles. The topological polar surface area (TPSA) is 222 Å². The van der Waals surface area contributed by atoms with Crippen LogP contribution in [0.3, 0.4) is 0 Å². The van der Waals surface area contributed by atoms with Crippen molar-refractivity contribution in [3.05, 3.63) is 193 Å². The summed E-state index contributed by atoms with van der Waals surface area (Å²) in [5.74, 6) is -1.74. The Morgan fingerprint density at radius 3 is 1.17 bits per heavy atom. The number of rotatable bonds is 25. The number of amides is 4. The molecule has 2 unspecified atom stereocenters. The first-order chi connectivity index (χ1) is 49.3. The van der Waals surface area contributed by atoms with E-state index >= 15 is 8.78 Å². The number of thiol groups is 1. The highest BCUT2D eigenvalue weighted by Gasteiger charge is 2.51. The lowest BCUT2D eigenvalue weighted by atomic mass is 9.94. The van der Waals surface area contributed by atoms with Crippen molar-refractivity contribution in [2.24, 2.45) is 0 Å². The smallest absolute Gasteiger partial charge is 0.488 e. The molecule has 26 nitrogen and oxygen atoms in total. The fraction of sp³-hybridized carbons (Fsp3) is 0.400.